The zero-order valence-electron chi connectivity index (χ0n) is 19.3. The van der Waals surface area contributed by atoms with Crippen molar-refractivity contribution in [2.75, 3.05) is 26.2 Å². The van der Waals surface area contributed by atoms with Crippen LogP contribution in [0.5, 0.6) is 0 Å². The summed E-state index contributed by atoms with van der Waals surface area (Å²) in [5, 5.41) is 11.2. The number of hydrogen-bond acceptors (Lipinski definition) is 7. The molecule has 1 aromatic carbocycles. The molecule has 4 amide bonds. The van der Waals surface area contributed by atoms with Crippen molar-refractivity contribution in [3.8, 4) is 0 Å². The minimum atomic E-state index is -1.03. The van der Waals surface area contributed by atoms with Crippen LogP contribution in [0.15, 0.2) is 30.3 Å². The highest BCUT2D eigenvalue weighted by atomic mass is 16.6. The van der Waals surface area contributed by atoms with Gasteiger partial charge in [0.05, 0.1) is 25.7 Å². The van der Waals surface area contributed by atoms with Crippen LogP contribution in [0, 0.1) is 0 Å². The van der Waals surface area contributed by atoms with Gasteiger partial charge in [0.1, 0.15) is 18.7 Å². The number of nitrogens with two attached hydrogens (primary N) is 1. The fraction of sp³-hybridized carbons (Fsp3) is 0.522. The van der Waals surface area contributed by atoms with Crippen molar-refractivity contribution < 1.29 is 38.6 Å². The monoisotopic (exact) mass is 490 g/mol. The summed E-state index contributed by atoms with van der Waals surface area (Å²) in [5.74, 6) is -2.76. The Hall–Kier alpha value is -3.67. The molecule has 2 fully saturated rings. The van der Waals surface area contributed by atoms with Crippen molar-refractivity contribution in [1.82, 2.24) is 15.1 Å². The van der Waals surface area contributed by atoms with Gasteiger partial charge in [-0.25, -0.2) is 4.79 Å². The molecule has 3 rings (SSSR count). The molecule has 2 aliphatic rings. The number of rotatable bonds is 10. The Morgan fingerprint density at radius 2 is 1.83 bits per heavy atom. The van der Waals surface area contributed by atoms with Gasteiger partial charge in [0.2, 0.25) is 17.7 Å². The Balaban J connectivity index is 1.67. The van der Waals surface area contributed by atoms with Gasteiger partial charge in [-0.2, -0.15) is 0 Å². The van der Waals surface area contributed by atoms with E-state index in [2.05, 4.69) is 5.32 Å². The molecule has 2 heterocycles. The molecular weight excluding hydrogens is 460 g/mol. The number of benzene rings is 1. The molecule has 3 atom stereocenters. The van der Waals surface area contributed by atoms with E-state index in [0.717, 1.165) is 5.56 Å². The lowest BCUT2D eigenvalue weighted by Crippen LogP contribution is -2.53. The van der Waals surface area contributed by atoms with E-state index in [0.29, 0.717) is 19.4 Å². The summed E-state index contributed by atoms with van der Waals surface area (Å²) in [4.78, 5) is 63.5. The molecular formula is C23H30N4O8. The first kappa shape index (κ1) is 25.9. The number of likely N-dealkylation sites (tertiary alicyclic amines) is 2. The maximum Gasteiger partial charge on any atom is 0.410 e. The zero-order valence-corrected chi connectivity index (χ0v) is 19.3. The molecule has 0 radical (unpaired) electrons. The summed E-state index contributed by atoms with van der Waals surface area (Å²) in [5.41, 5.74) is 5.92. The van der Waals surface area contributed by atoms with Crippen LogP contribution >= 0.6 is 0 Å². The average molecular weight is 491 g/mol. The van der Waals surface area contributed by atoms with Crippen LogP contribution in [0.3, 0.4) is 0 Å². The number of primary amides is 1. The largest absolute Gasteiger partial charge is 0.481 e. The first-order valence-electron chi connectivity index (χ1n) is 11.4. The number of carboxylic acids is 1. The van der Waals surface area contributed by atoms with Gasteiger partial charge in [-0.05, 0) is 18.4 Å². The van der Waals surface area contributed by atoms with Crippen LogP contribution in [0.1, 0.15) is 31.2 Å². The Kier molecular flexibility index (Phi) is 9.01. The van der Waals surface area contributed by atoms with Crippen molar-refractivity contribution >= 4 is 29.8 Å². The minimum Gasteiger partial charge on any atom is -0.481 e. The number of amides is 4. The highest BCUT2D eigenvalue weighted by Gasteiger charge is 2.45. The summed E-state index contributed by atoms with van der Waals surface area (Å²) < 4.78 is 11.0. The first-order valence-corrected chi connectivity index (χ1v) is 11.4. The molecule has 0 unspecified atom stereocenters. The topological polar surface area (TPSA) is 169 Å². The van der Waals surface area contributed by atoms with Gasteiger partial charge < -0.3 is 30.5 Å². The van der Waals surface area contributed by atoms with E-state index in [1.54, 1.807) is 0 Å². The Morgan fingerprint density at radius 1 is 1.09 bits per heavy atom. The van der Waals surface area contributed by atoms with E-state index >= 15 is 0 Å². The van der Waals surface area contributed by atoms with Crippen molar-refractivity contribution in [2.45, 2.75) is 50.5 Å². The Labute approximate surface area is 202 Å². The summed E-state index contributed by atoms with van der Waals surface area (Å²) in [6.07, 6.45) is -0.263. The van der Waals surface area contributed by atoms with Crippen LogP contribution in [0.25, 0.3) is 0 Å². The molecule has 35 heavy (non-hydrogen) atoms. The van der Waals surface area contributed by atoms with Crippen LogP contribution in [0.4, 0.5) is 4.79 Å². The number of nitrogens with zero attached hydrogens (tertiary/aromatic N) is 2. The Morgan fingerprint density at radius 3 is 2.51 bits per heavy atom. The summed E-state index contributed by atoms with van der Waals surface area (Å²) in [6.45, 7) is 0.00614. The summed E-state index contributed by atoms with van der Waals surface area (Å²) in [7, 11) is 0. The third-order valence-corrected chi connectivity index (χ3v) is 5.93. The predicted molar refractivity (Wildman–Crippen MR) is 121 cm³/mol. The van der Waals surface area contributed by atoms with E-state index in [4.69, 9.17) is 20.3 Å². The Bertz CT molecular complexity index is 941. The van der Waals surface area contributed by atoms with E-state index in [1.807, 2.05) is 30.3 Å². The van der Waals surface area contributed by atoms with Gasteiger partial charge in [-0.3, -0.25) is 24.1 Å². The highest BCUT2D eigenvalue weighted by Crippen LogP contribution is 2.27. The van der Waals surface area contributed by atoms with Crippen LogP contribution in [0.2, 0.25) is 0 Å². The second kappa shape index (κ2) is 12.2. The van der Waals surface area contributed by atoms with Gasteiger partial charge in [0.25, 0.3) is 0 Å². The maximum atomic E-state index is 13.5. The first-order chi connectivity index (χ1) is 16.8. The standard InChI is InChI=1S/C23H30N4O8/c24-19(28)12-25-21(31)18-11-16(34-10-8-20(29)30)13-27(18)22(32)17-7-4-9-26(17)23(33)35-14-15-5-2-1-3-6-15/h1-3,5-6,16-18H,4,7-14H2,(H2,24,28)(H,25,31)(H,29,30)/t16-,17+,18+/m1/s1. The lowest BCUT2D eigenvalue weighted by molar-refractivity contribution is -0.142. The number of carboxylic acid groups (broad SMARTS) is 1. The number of nitrogens with one attached hydrogen (secondary N) is 1. The maximum absolute atomic E-state index is 13.5. The number of aliphatic carboxylic acids is 1. The van der Waals surface area contributed by atoms with Crippen LogP contribution in [-0.2, 0) is 35.3 Å². The molecule has 2 aliphatic heterocycles. The number of carbonyl (C=O) groups excluding carboxylic acids is 4. The molecule has 0 bridgehead atoms. The molecule has 0 aromatic heterocycles. The van der Waals surface area contributed by atoms with E-state index < -0.39 is 48.0 Å². The summed E-state index contributed by atoms with van der Waals surface area (Å²) in [6, 6.07) is 7.41. The quantitative estimate of drug-likeness (QED) is 0.407. The lowest BCUT2D eigenvalue weighted by Gasteiger charge is -2.30. The molecule has 0 saturated carbocycles. The zero-order chi connectivity index (χ0) is 25.4. The van der Waals surface area contributed by atoms with Gasteiger partial charge in [0, 0.05) is 19.5 Å². The smallest absolute Gasteiger partial charge is 0.410 e. The van der Waals surface area contributed by atoms with Gasteiger partial charge in [-0.15, -0.1) is 0 Å². The SMILES string of the molecule is NC(=O)CNC(=O)[C@@H]1C[C@@H](OCCC(=O)O)CN1C(=O)[C@@H]1CCCN1C(=O)OCc1ccccc1. The van der Waals surface area contributed by atoms with Crippen molar-refractivity contribution in [1.29, 1.82) is 0 Å². The van der Waals surface area contributed by atoms with E-state index in [1.165, 1.54) is 9.80 Å². The summed E-state index contributed by atoms with van der Waals surface area (Å²) >= 11 is 0. The van der Waals surface area contributed by atoms with Crippen molar-refractivity contribution in [3.05, 3.63) is 35.9 Å². The van der Waals surface area contributed by atoms with Crippen molar-refractivity contribution in [3.63, 3.8) is 0 Å². The molecule has 2 saturated heterocycles. The fourth-order valence-electron chi connectivity index (χ4n) is 4.25. The van der Waals surface area contributed by atoms with Gasteiger partial charge in [-0.1, -0.05) is 30.3 Å². The normalized spacial score (nSPS) is 21.5. The second-order valence-corrected chi connectivity index (χ2v) is 8.45. The molecule has 12 nitrogen and oxygen atoms in total. The number of ether oxygens (including phenoxy) is 2. The second-order valence-electron chi connectivity index (χ2n) is 8.45. The molecule has 0 spiro atoms. The number of hydrogen-bond donors (Lipinski definition) is 3. The fourth-order valence-corrected chi connectivity index (χ4v) is 4.25. The third-order valence-electron chi connectivity index (χ3n) is 5.93. The van der Waals surface area contributed by atoms with E-state index in [-0.39, 0.29) is 39.1 Å². The molecule has 190 valence electrons. The molecule has 12 heteroatoms. The minimum absolute atomic E-state index is 0.0521. The van der Waals surface area contributed by atoms with Crippen molar-refractivity contribution in [2.24, 2.45) is 5.73 Å². The molecule has 1 aromatic rings. The molecule has 0 aliphatic carbocycles. The predicted octanol–water partition coefficient (Wildman–Crippen LogP) is -0.150. The van der Waals surface area contributed by atoms with E-state index in [9.17, 15) is 24.0 Å². The lowest BCUT2D eigenvalue weighted by atomic mass is 10.1. The van der Waals surface area contributed by atoms with Gasteiger partial charge in [0.15, 0.2) is 0 Å². The molecule has 4 N–H and O–H groups in total. The third kappa shape index (κ3) is 7.15. The number of carbonyl (C=O) groups is 5. The van der Waals surface area contributed by atoms with Gasteiger partial charge >= 0.3 is 12.1 Å². The van der Waals surface area contributed by atoms with Crippen LogP contribution in [-0.4, -0.2) is 89.1 Å². The van der Waals surface area contributed by atoms with Crippen LogP contribution < -0.4 is 11.1 Å². The highest BCUT2D eigenvalue weighted by molar-refractivity contribution is 5.93. The average Bonchev–Trinajstić information content (AvgIpc) is 3.49.